The molecule has 8 heteroatoms. The van der Waals surface area contributed by atoms with Crippen LogP contribution in [0, 0.1) is 0 Å². The second kappa shape index (κ2) is 5.58. The molecule has 0 nitrogen and oxygen atoms in total. The molecule has 0 fully saturated rings. The molecule has 0 aromatic rings. The lowest BCUT2D eigenvalue weighted by atomic mass is 10.8. The van der Waals surface area contributed by atoms with E-state index in [1.165, 1.54) is 0 Å². The van der Waals surface area contributed by atoms with Crippen LogP contribution in [-0.4, -0.2) is 15.6 Å². The highest BCUT2D eigenvalue weighted by Gasteiger charge is 2.36. The first kappa shape index (κ1) is 15.4. The first-order chi connectivity index (χ1) is 4.94. The fourth-order valence-electron chi connectivity index (χ4n) is 0. The van der Waals surface area contributed by atoms with Crippen molar-refractivity contribution in [2.24, 2.45) is 0 Å². The lowest BCUT2D eigenvalue weighted by Gasteiger charge is -2.03. The Kier molecular flexibility index (Phi) is 7.14. The summed E-state index contributed by atoms with van der Waals surface area (Å²) in [5, 5.41) is 0. The minimum atomic E-state index is -4.47. The van der Waals surface area contributed by atoms with Gasteiger partial charge in [-0.3, -0.25) is 0 Å². The van der Waals surface area contributed by atoms with Gasteiger partial charge in [-0.05, 0) is 6.92 Å². The third-order valence-electron chi connectivity index (χ3n) is 0.247. The topological polar surface area (TPSA) is 0 Å². The van der Waals surface area contributed by atoms with Crippen molar-refractivity contribution in [1.29, 1.82) is 0 Å². The minimum Gasteiger partial charge on any atom is -0.208 e. The van der Waals surface area contributed by atoms with E-state index < -0.39 is 15.6 Å². The quantitative estimate of drug-likeness (QED) is 0.450. The van der Waals surface area contributed by atoms with E-state index >= 15 is 0 Å². The van der Waals surface area contributed by atoms with Crippen LogP contribution in [0.1, 0.15) is 6.92 Å². The van der Waals surface area contributed by atoms with Gasteiger partial charge in [0.15, 0.2) is 0 Å². The largest absolute Gasteiger partial charge is 0.418 e. The van der Waals surface area contributed by atoms with Gasteiger partial charge in [-0.1, -0.05) is 46.4 Å². The molecule has 0 aliphatic carbocycles. The fraction of sp³-hybridized carbons (Fsp3) is 1.00. The first-order valence-electron chi connectivity index (χ1n) is 2.36. The van der Waals surface area contributed by atoms with E-state index in [0.717, 1.165) is 6.92 Å². The predicted molar refractivity (Wildman–Crippen MR) is 42.8 cm³/mol. The van der Waals surface area contributed by atoms with Crippen LogP contribution in [0.2, 0.25) is 0 Å². The molecule has 0 aromatic heterocycles. The lowest BCUT2D eigenvalue weighted by Crippen LogP contribution is -2.16. The summed E-state index contributed by atoms with van der Waals surface area (Å²) in [6.07, 6.45) is -4.47. The maximum absolute atomic E-state index is 11.2. The van der Waals surface area contributed by atoms with Gasteiger partial charge in [0.1, 0.15) is 0 Å². The maximum Gasteiger partial charge on any atom is 0.418 e. The van der Waals surface area contributed by atoms with Gasteiger partial charge in [0, 0.05) is 0 Å². The van der Waals surface area contributed by atoms with Crippen molar-refractivity contribution in [3.63, 3.8) is 0 Å². The normalized spacial score (nSPS) is 12.5. The molecule has 0 unspecified atom stereocenters. The molecule has 0 aromatic carbocycles. The van der Waals surface area contributed by atoms with E-state index in [1.54, 1.807) is 0 Å². The average molecular weight is 270 g/mol. The molecule has 0 aliphatic heterocycles. The van der Waals surface area contributed by atoms with Gasteiger partial charge < -0.3 is 0 Å². The number of halogens is 8. The average Bonchev–Trinajstić information content (AvgIpc) is 1.55. The molecule has 0 atom stereocenters. The van der Waals surface area contributed by atoms with E-state index in [0.29, 0.717) is 0 Å². The van der Waals surface area contributed by atoms with E-state index in [9.17, 15) is 17.6 Å². The van der Waals surface area contributed by atoms with Gasteiger partial charge in [0.05, 0.1) is 0 Å². The van der Waals surface area contributed by atoms with E-state index in [-0.39, 0.29) is 0 Å². The molecule has 0 N–H and O–H groups in total. The van der Waals surface area contributed by atoms with Gasteiger partial charge in [-0.2, -0.15) is 13.2 Å². The first-order valence-corrected chi connectivity index (χ1v) is 3.99. The van der Waals surface area contributed by atoms with Crippen molar-refractivity contribution >= 4 is 46.4 Å². The number of rotatable bonds is 0. The third-order valence-corrected chi connectivity index (χ3v) is 0.742. The Hall–Kier alpha value is 0.880. The van der Waals surface area contributed by atoms with Crippen molar-refractivity contribution in [2.45, 2.75) is 22.5 Å². The van der Waals surface area contributed by atoms with Gasteiger partial charge in [-0.15, -0.1) is 0 Å². The summed E-state index contributed by atoms with van der Waals surface area (Å²) in [7, 11) is 0. The van der Waals surface area contributed by atoms with Gasteiger partial charge in [0.2, 0.25) is 4.84 Å². The molecule has 0 radical (unpaired) electrons. The predicted octanol–water partition coefficient (Wildman–Crippen LogP) is 4.46. The Balaban J connectivity index is 0. The van der Waals surface area contributed by atoms with Crippen LogP contribution >= 0.6 is 46.4 Å². The molecule has 0 saturated carbocycles. The summed E-state index contributed by atoms with van der Waals surface area (Å²) in [5.74, 6) is 0. The standard InChI is InChI=1S/C2HCl2F3.C2H3Cl2F/c3-1(4)2(5,6)7;1-2(3,4)5/h1H;1H3. The van der Waals surface area contributed by atoms with E-state index in [2.05, 4.69) is 46.4 Å². The van der Waals surface area contributed by atoms with Crippen LogP contribution in [0.4, 0.5) is 17.6 Å². The molecular formula is C4H4Cl4F4. The van der Waals surface area contributed by atoms with Gasteiger partial charge in [-0.25, -0.2) is 4.39 Å². The minimum absolute atomic E-state index is 1.05. The van der Waals surface area contributed by atoms with E-state index in [1.807, 2.05) is 0 Å². The van der Waals surface area contributed by atoms with Crippen LogP contribution in [0.3, 0.4) is 0 Å². The Labute approximate surface area is 86.7 Å². The highest BCUT2D eigenvalue weighted by atomic mass is 35.5. The SMILES string of the molecule is CC(F)(Cl)Cl.FC(F)(F)C(Cl)Cl. The van der Waals surface area contributed by atoms with Crippen molar-refractivity contribution in [2.75, 3.05) is 0 Å². The Morgan fingerprint density at radius 1 is 1.00 bits per heavy atom. The summed E-state index contributed by atoms with van der Waals surface area (Å²) in [6.45, 7) is 1.05. The van der Waals surface area contributed by atoms with Crippen LogP contribution < -0.4 is 0 Å². The van der Waals surface area contributed by atoms with E-state index in [4.69, 9.17) is 0 Å². The van der Waals surface area contributed by atoms with Crippen molar-refractivity contribution in [3.8, 4) is 0 Å². The Bertz CT molecular complexity index is 109. The summed E-state index contributed by atoms with van der Waals surface area (Å²) < 4.78 is 41.9. The second-order valence-corrected chi connectivity index (χ2v) is 4.33. The summed E-state index contributed by atoms with van der Waals surface area (Å²) in [6, 6.07) is 0. The van der Waals surface area contributed by atoms with Crippen molar-refractivity contribution in [3.05, 3.63) is 0 Å². The number of alkyl halides is 8. The highest BCUT2D eigenvalue weighted by molar-refractivity contribution is 6.46. The molecule has 0 rings (SSSR count). The second-order valence-electron chi connectivity index (χ2n) is 1.62. The van der Waals surface area contributed by atoms with Crippen LogP contribution in [0.5, 0.6) is 0 Å². The van der Waals surface area contributed by atoms with Gasteiger partial charge >= 0.3 is 6.18 Å². The molecule has 0 heterocycles. The van der Waals surface area contributed by atoms with Gasteiger partial charge in [0.25, 0.3) is 4.59 Å². The zero-order chi connectivity index (χ0) is 10.6. The molecule has 0 saturated heterocycles. The lowest BCUT2D eigenvalue weighted by molar-refractivity contribution is -0.115. The Morgan fingerprint density at radius 2 is 1.08 bits per heavy atom. The highest BCUT2D eigenvalue weighted by Crippen LogP contribution is 2.27. The van der Waals surface area contributed by atoms with Crippen molar-refractivity contribution < 1.29 is 17.6 Å². The zero-order valence-corrected chi connectivity index (χ0v) is 8.62. The van der Waals surface area contributed by atoms with Crippen molar-refractivity contribution in [1.82, 2.24) is 0 Å². The summed E-state index contributed by atoms with van der Waals surface area (Å²) in [5.41, 5.74) is 0. The fourth-order valence-corrected chi connectivity index (χ4v) is 0. The molecular weight excluding hydrogens is 266 g/mol. The zero-order valence-electron chi connectivity index (χ0n) is 5.60. The molecule has 0 spiro atoms. The summed E-state index contributed by atoms with van der Waals surface area (Å²) in [4.78, 5) is -2.26. The third kappa shape index (κ3) is 22.4. The molecule has 0 aliphatic rings. The molecule has 0 bridgehead atoms. The molecule has 12 heavy (non-hydrogen) atoms. The van der Waals surface area contributed by atoms with Crippen LogP contribution in [-0.2, 0) is 0 Å². The Morgan fingerprint density at radius 3 is 1.08 bits per heavy atom. The maximum atomic E-state index is 11.2. The van der Waals surface area contributed by atoms with Crippen LogP contribution in [0.15, 0.2) is 0 Å². The summed E-state index contributed by atoms with van der Waals surface area (Å²) >= 11 is 18.0. The smallest absolute Gasteiger partial charge is 0.208 e. The monoisotopic (exact) mass is 268 g/mol. The molecule has 0 amide bonds. The number of hydrogen-bond acceptors (Lipinski definition) is 0. The van der Waals surface area contributed by atoms with Crippen LogP contribution in [0.25, 0.3) is 0 Å². The molecule has 76 valence electrons. The number of hydrogen-bond donors (Lipinski definition) is 0.